The Morgan fingerprint density at radius 3 is 2.44 bits per heavy atom. The molecule has 1 aliphatic carbocycles. The van der Waals surface area contributed by atoms with E-state index in [1.54, 1.807) is 24.3 Å². The molecule has 0 amide bonds. The quantitative estimate of drug-likeness (QED) is 0.591. The number of Topliss-reactive ketones (excluding diaryl/α,β-unsaturated/α-hetero) is 1. The van der Waals surface area contributed by atoms with E-state index in [0.717, 1.165) is 5.75 Å². The van der Waals surface area contributed by atoms with E-state index in [2.05, 4.69) is 4.74 Å². The van der Waals surface area contributed by atoms with E-state index in [-0.39, 0.29) is 23.6 Å². The van der Waals surface area contributed by atoms with Crippen LogP contribution in [0.3, 0.4) is 0 Å². The minimum absolute atomic E-state index is 0.00782. The van der Waals surface area contributed by atoms with Crippen LogP contribution in [0.25, 0.3) is 0 Å². The van der Waals surface area contributed by atoms with Crippen LogP contribution in [0.5, 0.6) is 5.75 Å². The zero-order valence-corrected chi connectivity index (χ0v) is 10.5. The van der Waals surface area contributed by atoms with Crippen molar-refractivity contribution in [3.63, 3.8) is 0 Å². The molecule has 18 heavy (non-hydrogen) atoms. The van der Waals surface area contributed by atoms with Gasteiger partial charge in [0, 0.05) is 11.5 Å². The number of ether oxygens (including phenoxy) is 2. The Morgan fingerprint density at radius 2 is 1.89 bits per heavy atom. The predicted octanol–water partition coefficient (Wildman–Crippen LogP) is 2.08. The average Bonchev–Trinajstić information content (AvgIpc) is 3.18. The smallest absolute Gasteiger partial charge is 0.309 e. The number of carbonyl (C=O) groups excluding carboxylic acids is 2. The number of rotatable bonds is 5. The summed E-state index contributed by atoms with van der Waals surface area (Å²) < 4.78 is 9.94. The summed E-state index contributed by atoms with van der Waals surface area (Å²) >= 11 is 0. The molecule has 0 aromatic heterocycles. The Bertz CT molecular complexity index is 449. The molecule has 96 valence electrons. The maximum absolute atomic E-state index is 12.1. The number of hydrogen-bond acceptors (Lipinski definition) is 4. The number of benzene rings is 1. The van der Waals surface area contributed by atoms with Crippen LogP contribution in [0.1, 0.15) is 23.7 Å². The molecule has 2 atom stereocenters. The molecule has 0 bridgehead atoms. The van der Waals surface area contributed by atoms with Gasteiger partial charge in [-0.15, -0.1) is 0 Å². The number of esters is 1. The van der Waals surface area contributed by atoms with Crippen molar-refractivity contribution in [3.8, 4) is 5.75 Å². The van der Waals surface area contributed by atoms with Crippen LogP contribution in [-0.2, 0) is 9.53 Å². The second-order valence-corrected chi connectivity index (χ2v) is 4.29. The van der Waals surface area contributed by atoms with Crippen LogP contribution >= 0.6 is 0 Å². The van der Waals surface area contributed by atoms with E-state index in [0.29, 0.717) is 18.6 Å². The Morgan fingerprint density at radius 1 is 1.22 bits per heavy atom. The van der Waals surface area contributed by atoms with E-state index in [1.165, 1.54) is 7.11 Å². The van der Waals surface area contributed by atoms with Crippen molar-refractivity contribution in [1.82, 2.24) is 0 Å². The molecule has 0 radical (unpaired) electrons. The SMILES string of the molecule is CCOc1ccc(C(=O)[C@@H]2C[C@H]2C(=O)OC)cc1. The molecule has 4 nitrogen and oxygen atoms in total. The lowest BCUT2D eigenvalue weighted by atomic mass is 10.1. The van der Waals surface area contributed by atoms with Crippen LogP contribution in [0, 0.1) is 11.8 Å². The number of carbonyl (C=O) groups is 2. The molecule has 1 aromatic carbocycles. The van der Waals surface area contributed by atoms with Gasteiger partial charge in [-0.25, -0.2) is 0 Å². The Labute approximate surface area is 106 Å². The summed E-state index contributed by atoms with van der Waals surface area (Å²) in [6.45, 7) is 2.50. The minimum Gasteiger partial charge on any atom is -0.494 e. The largest absolute Gasteiger partial charge is 0.494 e. The van der Waals surface area contributed by atoms with Gasteiger partial charge in [-0.1, -0.05) is 0 Å². The Kier molecular flexibility index (Phi) is 3.65. The topological polar surface area (TPSA) is 52.6 Å². The average molecular weight is 248 g/mol. The van der Waals surface area contributed by atoms with Crippen LogP contribution in [0.2, 0.25) is 0 Å². The van der Waals surface area contributed by atoms with Crippen molar-refractivity contribution in [2.75, 3.05) is 13.7 Å². The zero-order chi connectivity index (χ0) is 13.1. The lowest BCUT2D eigenvalue weighted by Gasteiger charge is -2.04. The van der Waals surface area contributed by atoms with Crippen molar-refractivity contribution in [2.24, 2.45) is 11.8 Å². The monoisotopic (exact) mass is 248 g/mol. The van der Waals surface area contributed by atoms with Gasteiger partial charge in [-0.2, -0.15) is 0 Å². The molecule has 4 heteroatoms. The summed E-state index contributed by atoms with van der Waals surface area (Å²) in [5, 5.41) is 0. The molecular formula is C14H16O4. The Hall–Kier alpha value is -1.84. The second-order valence-electron chi connectivity index (χ2n) is 4.29. The molecule has 2 rings (SSSR count). The van der Waals surface area contributed by atoms with E-state index in [1.807, 2.05) is 6.92 Å². The molecule has 1 fully saturated rings. The molecule has 1 aliphatic rings. The highest BCUT2D eigenvalue weighted by Gasteiger charge is 2.48. The fourth-order valence-corrected chi connectivity index (χ4v) is 1.99. The predicted molar refractivity (Wildman–Crippen MR) is 65.6 cm³/mol. The van der Waals surface area contributed by atoms with Crippen LogP contribution in [0.15, 0.2) is 24.3 Å². The lowest BCUT2D eigenvalue weighted by Crippen LogP contribution is -2.10. The second kappa shape index (κ2) is 5.21. The third-order valence-corrected chi connectivity index (χ3v) is 3.08. The maximum atomic E-state index is 12.1. The van der Waals surface area contributed by atoms with E-state index in [4.69, 9.17) is 4.74 Å². The standard InChI is InChI=1S/C14H16O4/c1-3-18-10-6-4-9(5-7-10)13(15)11-8-12(11)14(16)17-2/h4-7,11-12H,3,8H2,1-2H3/t11-,12-/m1/s1. The van der Waals surface area contributed by atoms with E-state index in [9.17, 15) is 9.59 Å². The van der Waals surface area contributed by atoms with Gasteiger partial charge in [0.25, 0.3) is 0 Å². The van der Waals surface area contributed by atoms with Crippen molar-refractivity contribution in [2.45, 2.75) is 13.3 Å². The van der Waals surface area contributed by atoms with Crippen molar-refractivity contribution >= 4 is 11.8 Å². The van der Waals surface area contributed by atoms with E-state index >= 15 is 0 Å². The highest BCUT2D eigenvalue weighted by molar-refractivity contribution is 6.02. The van der Waals surface area contributed by atoms with Crippen LogP contribution in [0.4, 0.5) is 0 Å². The van der Waals surface area contributed by atoms with Crippen LogP contribution in [-0.4, -0.2) is 25.5 Å². The number of hydrogen-bond donors (Lipinski definition) is 0. The van der Waals surface area contributed by atoms with Gasteiger partial charge >= 0.3 is 5.97 Å². The van der Waals surface area contributed by atoms with Gasteiger partial charge in [-0.05, 0) is 37.6 Å². The third-order valence-electron chi connectivity index (χ3n) is 3.08. The first-order chi connectivity index (χ1) is 8.67. The summed E-state index contributed by atoms with van der Waals surface area (Å²) in [6.07, 6.45) is 0.596. The number of methoxy groups -OCH3 is 1. The molecule has 1 saturated carbocycles. The summed E-state index contributed by atoms with van der Waals surface area (Å²) in [4.78, 5) is 23.3. The maximum Gasteiger partial charge on any atom is 0.309 e. The van der Waals surface area contributed by atoms with Crippen LogP contribution < -0.4 is 4.74 Å². The molecule has 0 saturated heterocycles. The third kappa shape index (κ3) is 2.53. The lowest BCUT2D eigenvalue weighted by molar-refractivity contribution is -0.142. The van der Waals surface area contributed by atoms with Gasteiger partial charge in [0.1, 0.15) is 5.75 Å². The fraction of sp³-hybridized carbons (Fsp3) is 0.429. The normalized spacial score (nSPS) is 21.2. The van der Waals surface area contributed by atoms with Crippen molar-refractivity contribution in [1.29, 1.82) is 0 Å². The van der Waals surface area contributed by atoms with Gasteiger partial charge in [0.15, 0.2) is 5.78 Å². The molecular weight excluding hydrogens is 232 g/mol. The van der Waals surface area contributed by atoms with Crippen molar-refractivity contribution in [3.05, 3.63) is 29.8 Å². The minimum atomic E-state index is -0.292. The molecule has 0 aliphatic heterocycles. The molecule has 0 unspecified atom stereocenters. The first-order valence-corrected chi connectivity index (χ1v) is 6.02. The fourth-order valence-electron chi connectivity index (χ4n) is 1.99. The highest BCUT2D eigenvalue weighted by atomic mass is 16.5. The summed E-state index contributed by atoms with van der Waals surface area (Å²) in [7, 11) is 1.35. The Balaban J connectivity index is 2.00. The summed E-state index contributed by atoms with van der Waals surface area (Å²) in [6, 6.07) is 7.01. The molecule has 0 N–H and O–H groups in total. The number of ketones is 1. The first-order valence-electron chi connectivity index (χ1n) is 6.02. The zero-order valence-electron chi connectivity index (χ0n) is 10.5. The van der Waals surface area contributed by atoms with Gasteiger partial charge in [0.05, 0.1) is 19.6 Å². The molecule has 0 heterocycles. The van der Waals surface area contributed by atoms with E-state index < -0.39 is 0 Å². The van der Waals surface area contributed by atoms with Gasteiger partial charge < -0.3 is 9.47 Å². The molecule has 1 aromatic rings. The van der Waals surface area contributed by atoms with Crippen molar-refractivity contribution < 1.29 is 19.1 Å². The van der Waals surface area contributed by atoms with Gasteiger partial charge in [-0.3, -0.25) is 9.59 Å². The summed E-state index contributed by atoms with van der Waals surface area (Å²) in [5.41, 5.74) is 0.620. The van der Waals surface area contributed by atoms with Gasteiger partial charge in [0.2, 0.25) is 0 Å². The first kappa shape index (κ1) is 12.6. The molecule has 0 spiro atoms. The highest BCUT2D eigenvalue weighted by Crippen LogP contribution is 2.41. The summed E-state index contributed by atoms with van der Waals surface area (Å²) in [5.74, 6) is -0.00781.